The molecular weight excluding hydrogens is 447 g/mol. The molecule has 0 aromatic carbocycles. The molecule has 1 unspecified atom stereocenters. The minimum atomic E-state index is -0.926. The molecule has 20 heavy (non-hydrogen) atoms. The molecule has 0 amide bonds. The molecule has 7 nitrogen and oxygen atoms in total. The van der Waals surface area contributed by atoms with E-state index in [1.165, 1.54) is 6.20 Å². The maximum absolute atomic E-state index is 11.8. The topological polar surface area (TPSA) is 105 Å². The van der Waals surface area contributed by atoms with E-state index in [0.717, 1.165) is 4.57 Å². The molecule has 1 aromatic heterocycles. The average molecular weight is 459 g/mol. The highest BCUT2D eigenvalue weighted by molar-refractivity contribution is 14.1. The Kier molecular flexibility index (Phi) is 5.18. The lowest BCUT2D eigenvalue weighted by Gasteiger charge is -2.17. The molecule has 3 N–H and O–H groups in total. The number of aromatic nitrogens is 2. The van der Waals surface area contributed by atoms with Crippen LogP contribution in [0, 0.1) is 0 Å². The molecule has 0 spiro atoms. The molecule has 0 saturated carbocycles. The summed E-state index contributed by atoms with van der Waals surface area (Å²) in [6.07, 6.45) is -0.823. The van der Waals surface area contributed by atoms with E-state index in [1.807, 2.05) is 22.6 Å². The lowest BCUT2D eigenvalue weighted by Crippen LogP contribution is -2.36. The molecule has 0 bridgehead atoms. The van der Waals surface area contributed by atoms with Crippen LogP contribution in [-0.4, -0.2) is 38.6 Å². The molecule has 110 valence electrons. The molecule has 0 radical (unpaired) electrons. The van der Waals surface area contributed by atoms with Crippen molar-refractivity contribution in [2.75, 3.05) is 6.61 Å². The third-order valence-electron chi connectivity index (χ3n) is 2.96. The number of nitrogens with one attached hydrogen (secondary N) is 1. The summed E-state index contributed by atoms with van der Waals surface area (Å²) in [5.74, 6) is 0. The minimum Gasteiger partial charge on any atom is -0.394 e. The normalized spacial score (nSPS) is 27.0. The van der Waals surface area contributed by atoms with Crippen LogP contribution in [0.2, 0.25) is 0 Å². The molecule has 1 aliphatic rings. The van der Waals surface area contributed by atoms with Crippen LogP contribution in [0.25, 0.3) is 4.48 Å². The van der Waals surface area contributed by atoms with Crippen molar-refractivity contribution in [1.29, 1.82) is 0 Å². The van der Waals surface area contributed by atoms with Gasteiger partial charge in [0.05, 0.1) is 18.3 Å². The maximum Gasteiger partial charge on any atom is 0.330 e. The Balaban J connectivity index is 2.47. The molecule has 0 aliphatic carbocycles. The van der Waals surface area contributed by atoms with Crippen molar-refractivity contribution >= 4 is 43.0 Å². The third-order valence-corrected chi connectivity index (χ3v) is 5.10. The lowest BCUT2D eigenvalue weighted by molar-refractivity contribution is -0.0530. The molecule has 2 heterocycles. The standard InChI is InChI=1S/C11H12BrIN2O5/c12-7(2-13)6-3-15(11(19)14-9(6)18)10-8(17)1-5(4-16)20-10/h2-3,5,8,10,16-17H,1,4H2,(H,14,18,19)/b7-2+/t5-,8?,10+/m1/s1. The molecule has 1 saturated heterocycles. The van der Waals surface area contributed by atoms with Crippen molar-refractivity contribution < 1.29 is 14.9 Å². The Morgan fingerprint density at radius 1 is 1.65 bits per heavy atom. The van der Waals surface area contributed by atoms with Crippen LogP contribution in [0.3, 0.4) is 0 Å². The second-order valence-corrected chi connectivity index (χ2v) is 5.78. The number of rotatable bonds is 3. The van der Waals surface area contributed by atoms with E-state index < -0.39 is 29.7 Å². The van der Waals surface area contributed by atoms with Crippen LogP contribution in [0.5, 0.6) is 0 Å². The smallest absolute Gasteiger partial charge is 0.330 e. The highest BCUT2D eigenvalue weighted by atomic mass is 127. The van der Waals surface area contributed by atoms with Gasteiger partial charge in [0, 0.05) is 17.1 Å². The van der Waals surface area contributed by atoms with E-state index in [-0.39, 0.29) is 18.6 Å². The van der Waals surface area contributed by atoms with Gasteiger partial charge < -0.3 is 14.9 Å². The van der Waals surface area contributed by atoms with Crippen molar-refractivity contribution in [3.05, 3.63) is 36.7 Å². The van der Waals surface area contributed by atoms with Gasteiger partial charge in [-0.2, -0.15) is 0 Å². The summed E-state index contributed by atoms with van der Waals surface area (Å²) in [5.41, 5.74) is -0.949. The number of aliphatic hydroxyl groups is 2. The fourth-order valence-corrected chi connectivity index (χ4v) is 2.62. The Labute approximate surface area is 135 Å². The van der Waals surface area contributed by atoms with Gasteiger partial charge in [0.2, 0.25) is 0 Å². The van der Waals surface area contributed by atoms with Crippen LogP contribution < -0.4 is 11.2 Å². The quantitative estimate of drug-likeness (QED) is 0.565. The molecule has 1 aromatic rings. The molecular formula is C11H12BrIN2O5. The number of hydrogen-bond acceptors (Lipinski definition) is 5. The van der Waals surface area contributed by atoms with E-state index >= 15 is 0 Å². The first-order chi connectivity index (χ1) is 9.47. The molecule has 1 aliphatic heterocycles. The van der Waals surface area contributed by atoms with Crippen molar-refractivity contribution in [2.24, 2.45) is 0 Å². The fourth-order valence-electron chi connectivity index (χ4n) is 2.00. The monoisotopic (exact) mass is 458 g/mol. The minimum absolute atomic E-state index is 0.228. The Morgan fingerprint density at radius 3 is 2.90 bits per heavy atom. The number of hydrogen-bond donors (Lipinski definition) is 3. The largest absolute Gasteiger partial charge is 0.394 e. The van der Waals surface area contributed by atoms with Gasteiger partial charge in [-0.15, -0.1) is 0 Å². The lowest BCUT2D eigenvalue weighted by atomic mass is 10.2. The number of aromatic amines is 1. The first-order valence-corrected chi connectivity index (χ1v) is 7.78. The second-order valence-electron chi connectivity index (χ2n) is 4.30. The Bertz CT molecular complexity index is 640. The fraction of sp³-hybridized carbons (Fsp3) is 0.455. The number of H-pyrrole nitrogens is 1. The first-order valence-electron chi connectivity index (χ1n) is 5.74. The van der Waals surface area contributed by atoms with Crippen LogP contribution in [0.4, 0.5) is 0 Å². The molecule has 1 fully saturated rings. The predicted molar refractivity (Wildman–Crippen MR) is 83.9 cm³/mol. The highest BCUT2D eigenvalue weighted by Crippen LogP contribution is 2.28. The van der Waals surface area contributed by atoms with E-state index in [1.54, 1.807) is 4.08 Å². The van der Waals surface area contributed by atoms with Crippen LogP contribution in [0.15, 0.2) is 19.9 Å². The van der Waals surface area contributed by atoms with E-state index in [2.05, 4.69) is 20.9 Å². The van der Waals surface area contributed by atoms with Gasteiger partial charge in [0.15, 0.2) is 6.23 Å². The summed E-state index contributed by atoms with van der Waals surface area (Å²) in [6, 6.07) is 0. The van der Waals surface area contributed by atoms with E-state index in [4.69, 9.17) is 9.84 Å². The van der Waals surface area contributed by atoms with Crippen LogP contribution in [0.1, 0.15) is 18.2 Å². The van der Waals surface area contributed by atoms with E-state index in [9.17, 15) is 14.7 Å². The zero-order chi connectivity index (χ0) is 14.9. The van der Waals surface area contributed by atoms with Crippen molar-refractivity contribution in [1.82, 2.24) is 9.55 Å². The van der Waals surface area contributed by atoms with Gasteiger partial charge in [-0.3, -0.25) is 14.3 Å². The van der Waals surface area contributed by atoms with Crippen LogP contribution in [-0.2, 0) is 4.74 Å². The number of nitrogens with zero attached hydrogens (tertiary/aromatic N) is 1. The average Bonchev–Trinajstić information content (AvgIpc) is 2.79. The third kappa shape index (κ3) is 3.06. The maximum atomic E-state index is 11.8. The van der Waals surface area contributed by atoms with Gasteiger partial charge in [-0.25, -0.2) is 4.79 Å². The number of ether oxygens (including phenoxy) is 1. The summed E-state index contributed by atoms with van der Waals surface area (Å²) in [7, 11) is 0. The van der Waals surface area contributed by atoms with Crippen molar-refractivity contribution in [2.45, 2.75) is 24.9 Å². The van der Waals surface area contributed by atoms with Gasteiger partial charge in [-0.05, 0) is 20.0 Å². The highest BCUT2D eigenvalue weighted by Gasteiger charge is 2.35. The first kappa shape index (κ1) is 15.9. The van der Waals surface area contributed by atoms with Gasteiger partial charge in [0.1, 0.15) is 6.10 Å². The second kappa shape index (κ2) is 6.52. The zero-order valence-electron chi connectivity index (χ0n) is 10.1. The summed E-state index contributed by atoms with van der Waals surface area (Å²) < 4.78 is 8.68. The van der Waals surface area contributed by atoms with Crippen molar-refractivity contribution in [3.8, 4) is 0 Å². The summed E-state index contributed by atoms with van der Waals surface area (Å²) in [5, 5.41) is 19.0. The molecule has 2 rings (SSSR count). The zero-order valence-corrected chi connectivity index (χ0v) is 13.9. The van der Waals surface area contributed by atoms with Crippen molar-refractivity contribution in [3.63, 3.8) is 0 Å². The SMILES string of the molecule is O=c1[nH]c(=O)n([C@H]2O[C@@H](CO)CC2O)cc1/C(Br)=C\I. The Morgan fingerprint density at radius 2 is 2.35 bits per heavy atom. The number of aliphatic hydroxyl groups excluding tert-OH is 2. The summed E-state index contributed by atoms with van der Waals surface area (Å²) in [4.78, 5) is 25.7. The van der Waals surface area contributed by atoms with Gasteiger partial charge in [-0.1, -0.05) is 22.6 Å². The van der Waals surface area contributed by atoms with E-state index in [0.29, 0.717) is 4.48 Å². The summed E-state index contributed by atoms with van der Waals surface area (Å²) in [6.45, 7) is -0.240. The number of halogens is 2. The summed E-state index contributed by atoms with van der Waals surface area (Å²) >= 11 is 5.17. The predicted octanol–water partition coefficient (Wildman–Crippen LogP) is 0.306. The van der Waals surface area contributed by atoms with Crippen LogP contribution >= 0.6 is 38.5 Å². The van der Waals surface area contributed by atoms with Gasteiger partial charge in [0.25, 0.3) is 5.56 Å². The molecule has 9 heteroatoms. The molecule has 3 atom stereocenters. The Hall–Kier alpha value is -0.490. The van der Waals surface area contributed by atoms with Gasteiger partial charge >= 0.3 is 5.69 Å².